The van der Waals surface area contributed by atoms with Crippen LogP contribution in [0.2, 0.25) is 0 Å². The molecule has 1 aromatic carbocycles. The Hall–Kier alpha value is -0.580. The van der Waals surface area contributed by atoms with Gasteiger partial charge in [-0.3, -0.25) is 0 Å². The van der Waals surface area contributed by atoms with Crippen molar-refractivity contribution in [3.8, 4) is 5.75 Å². The summed E-state index contributed by atoms with van der Waals surface area (Å²) < 4.78 is 12.3. The average molecular weight is 286 g/mol. The van der Waals surface area contributed by atoms with Crippen molar-refractivity contribution in [3.05, 3.63) is 27.7 Å². The molecule has 0 aromatic heterocycles. The molecule has 1 aliphatic heterocycles. The Morgan fingerprint density at radius 1 is 1.50 bits per heavy atom. The molecule has 1 N–H and O–H groups in total. The van der Waals surface area contributed by atoms with Gasteiger partial charge in [0, 0.05) is 23.1 Å². The second kappa shape index (κ2) is 5.17. The Balaban J connectivity index is 2.36. The second-order valence-electron chi connectivity index (χ2n) is 3.91. The van der Waals surface area contributed by atoms with Crippen LogP contribution in [0.1, 0.15) is 17.2 Å². The summed E-state index contributed by atoms with van der Waals surface area (Å²) in [7, 11) is 1.70. The van der Waals surface area contributed by atoms with Gasteiger partial charge in [0.05, 0.1) is 19.8 Å². The van der Waals surface area contributed by atoms with Gasteiger partial charge in [0.1, 0.15) is 5.75 Å². The summed E-state index contributed by atoms with van der Waals surface area (Å²) in [6, 6.07) is 4.13. The van der Waals surface area contributed by atoms with Crippen LogP contribution >= 0.6 is 15.9 Å². The third-order valence-electron chi connectivity index (χ3n) is 2.75. The lowest BCUT2D eigenvalue weighted by Crippen LogP contribution is -2.33. The maximum Gasteiger partial charge on any atom is 0.127 e. The molecule has 3 nitrogen and oxygen atoms in total. The lowest BCUT2D eigenvalue weighted by Gasteiger charge is -2.26. The molecule has 1 heterocycles. The monoisotopic (exact) mass is 285 g/mol. The fraction of sp³-hybridized carbons (Fsp3) is 0.500. The van der Waals surface area contributed by atoms with E-state index >= 15 is 0 Å². The van der Waals surface area contributed by atoms with Gasteiger partial charge in [-0.05, 0) is 24.6 Å². The van der Waals surface area contributed by atoms with Gasteiger partial charge in [-0.15, -0.1) is 0 Å². The van der Waals surface area contributed by atoms with Gasteiger partial charge < -0.3 is 14.8 Å². The van der Waals surface area contributed by atoms with Gasteiger partial charge in [-0.25, -0.2) is 0 Å². The minimum atomic E-state index is 0.0832. The SMILES string of the molecule is COc1c(C)cc(Br)cc1C1CNCCO1. The van der Waals surface area contributed by atoms with Crippen molar-refractivity contribution >= 4 is 15.9 Å². The lowest BCUT2D eigenvalue weighted by molar-refractivity contribution is 0.0262. The number of rotatable bonds is 2. The molecule has 1 aromatic rings. The number of hydrogen-bond acceptors (Lipinski definition) is 3. The highest BCUT2D eigenvalue weighted by Gasteiger charge is 2.21. The molecule has 1 unspecified atom stereocenters. The fourth-order valence-electron chi connectivity index (χ4n) is 2.04. The Bertz CT molecular complexity index is 376. The molecule has 0 bridgehead atoms. The molecular weight excluding hydrogens is 270 g/mol. The van der Waals surface area contributed by atoms with Crippen LogP contribution in [0.25, 0.3) is 0 Å². The molecule has 0 saturated carbocycles. The van der Waals surface area contributed by atoms with Crippen LogP contribution in [0.4, 0.5) is 0 Å². The first-order chi connectivity index (χ1) is 7.72. The Labute approximate surface area is 104 Å². The predicted octanol–water partition coefficient (Wildman–Crippen LogP) is 2.43. The zero-order chi connectivity index (χ0) is 11.5. The highest BCUT2D eigenvalue weighted by Crippen LogP contribution is 2.34. The van der Waals surface area contributed by atoms with E-state index in [-0.39, 0.29) is 6.10 Å². The average Bonchev–Trinajstić information content (AvgIpc) is 2.29. The first-order valence-corrected chi connectivity index (χ1v) is 6.18. The van der Waals surface area contributed by atoms with Crippen LogP contribution in [-0.4, -0.2) is 26.8 Å². The number of hydrogen-bond donors (Lipinski definition) is 1. The summed E-state index contributed by atoms with van der Waals surface area (Å²) in [6.45, 7) is 4.56. The molecule has 88 valence electrons. The second-order valence-corrected chi connectivity index (χ2v) is 4.82. The Morgan fingerprint density at radius 2 is 2.31 bits per heavy atom. The van der Waals surface area contributed by atoms with Crippen LogP contribution < -0.4 is 10.1 Å². The maximum atomic E-state index is 5.75. The van der Waals surface area contributed by atoms with E-state index in [2.05, 4.69) is 33.4 Å². The normalized spacial score (nSPS) is 20.8. The number of benzene rings is 1. The minimum absolute atomic E-state index is 0.0832. The molecule has 0 radical (unpaired) electrons. The summed E-state index contributed by atoms with van der Waals surface area (Å²) in [4.78, 5) is 0. The largest absolute Gasteiger partial charge is 0.496 e. The van der Waals surface area contributed by atoms with Crippen LogP contribution in [0.5, 0.6) is 5.75 Å². The highest BCUT2D eigenvalue weighted by atomic mass is 79.9. The van der Waals surface area contributed by atoms with Crippen molar-refractivity contribution in [1.29, 1.82) is 0 Å². The number of aryl methyl sites for hydroxylation is 1. The zero-order valence-electron chi connectivity index (χ0n) is 9.55. The molecular formula is C12H16BrNO2. The van der Waals surface area contributed by atoms with E-state index in [1.54, 1.807) is 7.11 Å². The molecule has 16 heavy (non-hydrogen) atoms. The molecule has 1 aliphatic rings. The van der Waals surface area contributed by atoms with Gasteiger partial charge in [0.15, 0.2) is 0 Å². The highest BCUT2D eigenvalue weighted by molar-refractivity contribution is 9.10. The number of ether oxygens (including phenoxy) is 2. The van der Waals surface area contributed by atoms with Crippen molar-refractivity contribution in [1.82, 2.24) is 5.32 Å². The molecule has 1 atom stereocenters. The van der Waals surface area contributed by atoms with Crippen molar-refractivity contribution in [2.24, 2.45) is 0 Å². The first kappa shape index (κ1) is 11.9. The summed E-state index contributed by atoms with van der Waals surface area (Å²) in [5.41, 5.74) is 2.24. The maximum absolute atomic E-state index is 5.75. The van der Waals surface area contributed by atoms with Crippen molar-refractivity contribution in [3.63, 3.8) is 0 Å². The quantitative estimate of drug-likeness (QED) is 0.905. The van der Waals surface area contributed by atoms with Gasteiger partial charge in [-0.1, -0.05) is 15.9 Å². The Morgan fingerprint density at radius 3 is 2.94 bits per heavy atom. The number of nitrogens with one attached hydrogen (secondary N) is 1. The van der Waals surface area contributed by atoms with Gasteiger partial charge in [-0.2, -0.15) is 0 Å². The van der Waals surface area contributed by atoms with Crippen LogP contribution in [0, 0.1) is 6.92 Å². The van der Waals surface area contributed by atoms with E-state index in [0.29, 0.717) is 0 Å². The predicted molar refractivity (Wildman–Crippen MR) is 67.0 cm³/mol. The number of halogens is 1. The van der Waals surface area contributed by atoms with E-state index in [0.717, 1.165) is 41.0 Å². The van der Waals surface area contributed by atoms with E-state index < -0.39 is 0 Å². The molecule has 1 fully saturated rings. The van der Waals surface area contributed by atoms with Crippen molar-refractivity contribution in [2.45, 2.75) is 13.0 Å². The Kier molecular flexibility index (Phi) is 3.84. The standard InChI is InChI=1S/C12H16BrNO2/c1-8-5-9(13)6-10(12(8)15-2)11-7-14-3-4-16-11/h5-6,11,14H,3-4,7H2,1-2H3. The molecule has 1 saturated heterocycles. The van der Waals surface area contributed by atoms with E-state index in [1.165, 1.54) is 0 Å². The third kappa shape index (κ3) is 2.39. The third-order valence-corrected chi connectivity index (χ3v) is 3.20. The summed E-state index contributed by atoms with van der Waals surface area (Å²) >= 11 is 3.51. The molecule has 0 spiro atoms. The van der Waals surface area contributed by atoms with Crippen molar-refractivity contribution in [2.75, 3.05) is 26.8 Å². The smallest absolute Gasteiger partial charge is 0.127 e. The molecule has 0 amide bonds. The van der Waals surface area contributed by atoms with Crippen molar-refractivity contribution < 1.29 is 9.47 Å². The zero-order valence-corrected chi connectivity index (χ0v) is 11.1. The summed E-state index contributed by atoms with van der Waals surface area (Å²) in [6.07, 6.45) is 0.0832. The fourth-order valence-corrected chi connectivity index (χ4v) is 2.63. The summed E-state index contributed by atoms with van der Waals surface area (Å²) in [5.74, 6) is 0.928. The van der Waals surface area contributed by atoms with Crippen LogP contribution in [-0.2, 0) is 4.74 Å². The van der Waals surface area contributed by atoms with E-state index in [4.69, 9.17) is 9.47 Å². The van der Waals surface area contributed by atoms with Gasteiger partial charge >= 0.3 is 0 Å². The van der Waals surface area contributed by atoms with Gasteiger partial charge in [0.25, 0.3) is 0 Å². The van der Waals surface area contributed by atoms with E-state index in [9.17, 15) is 0 Å². The molecule has 4 heteroatoms. The minimum Gasteiger partial charge on any atom is -0.496 e. The van der Waals surface area contributed by atoms with Crippen LogP contribution in [0.15, 0.2) is 16.6 Å². The molecule has 0 aliphatic carbocycles. The topological polar surface area (TPSA) is 30.5 Å². The molecule has 2 rings (SSSR count). The summed E-state index contributed by atoms with van der Waals surface area (Å²) in [5, 5.41) is 3.33. The lowest BCUT2D eigenvalue weighted by atomic mass is 10.0. The first-order valence-electron chi connectivity index (χ1n) is 5.38. The van der Waals surface area contributed by atoms with Gasteiger partial charge in [0.2, 0.25) is 0 Å². The number of morpholine rings is 1. The number of methoxy groups -OCH3 is 1. The van der Waals surface area contributed by atoms with Crippen LogP contribution in [0.3, 0.4) is 0 Å². The van der Waals surface area contributed by atoms with E-state index in [1.807, 2.05) is 6.92 Å².